The van der Waals surface area contributed by atoms with Crippen molar-refractivity contribution in [1.29, 1.82) is 0 Å². The Bertz CT molecular complexity index is 789. The van der Waals surface area contributed by atoms with Crippen molar-refractivity contribution in [3.8, 4) is 0 Å². The minimum absolute atomic E-state index is 0.281. The second-order valence-electron chi connectivity index (χ2n) is 5.14. The molecule has 6 heteroatoms. The average molecular weight is 309 g/mol. The highest BCUT2D eigenvalue weighted by atomic mass is 19.1. The molecule has 0 atom stereocenters. The molecule has 0 radical (unpaired) electrons. The van der Waals surface area contributed by atoms with Gasteiger partial charge in [0.15, 0.2) is 5.82 Å². The predicted molar refractivity (Wildman–Crippen MR) is 88.0 cm³/mol. The maximum Gasteiger partial charge on any atom is 0.244 e. The van der Waals surface area contributed by atoms with Gasteiger partial charge in [0.25, 0.3) is 0 Å². The fourth-order valence-electron chi connectivity index (χ4n) is 2.12. The lowest BCUT2D eigenvalue weighted by atomic mass is 10.1. The molecule has 5 nitrogen and oxygen atoms in total. The van der Waals surface area contributed by atoms with Crippen molar-refractivity contribution < 1.29 is 4.39 Å². The number of aromatic nitrogens is 3. The van der Waals surface area contributed by atoms with E-state index in [1.54, 1.807) is 12.1 Å². The Morgan fingerprint density at radius 1 is 1.09 bits per heavy atom. The minimum atomic E-state index is -0.281. The van der Waals surface area contributed by atoms with E-state index in [1.165, 1.54) is 23.9 Å². The third kappa shape index (κ3) is 4.23. The summed E-state index contributed by atoms with van der Waals surface area (Å²) in [7, 11) is 0. The summed E-state index contributed by atoms with van der Waals surface area (Å²) in [6, 6.07) is 14.2. The van der Waals surface area contributed by atoms with Crippen LogP contribution in [0.4, 0.5) is 21.8 Å². The molecule has 3 rings (SSSR count). The molecular formula is C17H16FN5. The van der Waals surface area contributed by atoms with E-state index >= 15 is 0 Å². The monoisotopic (exact) mass is 309 g/mol. The fraction of sp³-hybridized carbons (Fsp3) is 0.118. The van der Waals surface area contributed by atoms with Gasteiger partial charge in [0, 0.05) is 12.2 Å². The first-order chi connectivity index (χ1) is 11.2. The van der Waals surface area contributed by atoms with Crippen molar-refractivity contribution >= 4 is 17.5 Å². The average Bonchev–Trinajstić information content (AvgIpc) is 2.56. The van der Waals surface area contributed by atoms with E-state index < -0.39 is 0 Å². The van der Waals surface area contributed by atoms with Crippen molar-refractivity contribution in [2.75, 3.05) is 10.6 Å². The number of hydrogen-bond donors (Lipinski definition) is 2. The Morgan fingerprint density at radius 3 is 2.70 bits per heavy atom. The predicted octanol–water partition coefficient (Wildman–Crippen LogP) is 3.67. The fourth-order valence-corrected chi connectivity index (χ4v) is 2.12. The first-order valence-electron chi connectivity index (χ1n) is 7.21. The van der Waals surface area contributed by atoms with Gasteiger partial charge in [0.05, 0.1) is 6.20 Å². The molecule has 0 saturated heterocycles. The third-order valence-corrected chi connectivity index (χ3v) is 3.21. The lowest BCUT2D eigenvalue weighted by Crippen LogP contribution is -2.06. The van der Waals surface area contributed by atoms with Crippen LogP contribution in [0.25, 0.3) is 0 Å². The van der Waals surface area contributed by atoms with Crippen LogP contribution in [0.3, 0.4) is 0 Å². The Hall–Kier alpha value is -3.02. The van der Waals surface area contributed by atoms with E-state index in [9.17, 15) is 4.39 Å². The van der Waals surface area contributed by atoms with E-state index in [0.29, 0.717) is 18.3 Å². The molecule has 0 aliphatic carbocycles. The second kappa shape index (κ2) is 6.83. The van der Waals surface area contributed by atoms with Gasteiger partial charge in [-0.1, -0.05) is 29.8 Å². The SMILES string of the molecule is Cc1cccc(CNc2nncc(Nc3ccc(F)cc3)n2)c1. The molecule has 0 aliphatic rings. The number of nitrogens with one attached hydrogen (secondary N) is 2. The molecule has 0 spiro atoms. The van der Waals surface area contributed by atoms with Crippen LogP contribution in [-0.2, 0) is 6.54 Å². The third-order valence-electron chi connectivity index (χ3n) is 3.21. The summed E-state index contributed by atoms with van der Waals surface area (Å²) < 4.78 is 12.9. The molecule has 0 fully saturated rings. The molecule has 0 saturated carbocycles. The highest BCUT2D eigenvalue weighted by Gasteiger charge is 2.02. The molecule has 23 heavy (non-hydrogen) atoms. The first-order valence-corrected chi connectivity index (χ1v) is 7.21. The summed E-state index contributed by atoms with van der Waals surface area (Å²) in [5, 5.41) is 14.1. The Kier molecular flexibility index (Phi) is 4.42. The largest absolute Gasteiger partial charge is 0.349 e. The van der Waals surface area contributed by atoms with Crippen molar-refractivity contribution in [2.45, 2.75) is 13.5 Å². The molecule has 0 unspecified atom stereocenters. The van der Waals surface area contributed by atoms with E-state index in [2.05, 4.69) is 44.9 Å². The topological polar surface area (TPSA) is 62.7 Å². The lowest BCUT2D eigenvalue weighted by molar-refractivity contribution is 0.628. The standard InChI is InChI=1S/C17H16FN5/c1-12-3-2-4-13(9-12)10-19-17-22-16(11-20-23-17)21-15-7-5-14(18)6-8-15/h2-9,11H,10H2,1H3,(H2,19,21,22,23). The van der Waals surface area contributed by atoms with Crippen LogP contribution < -0.4 is 10.6 Å². The van der Waals surface area contributed by atoms with E-state index in [0.717, 1.165) is 11.3 Å². The van der Waals surface area contributed by atoms with Gasteiger partial charge in [-0.05, 0) is 36.8 Å². The van der Waals surface area contributed by atoms with Crippen molar-refractivity contribution in [1.82, 2.24) is 15.2 Å². The zero-order valence-electron chi connectivity index (χ0n) is 12.6. The highest BCUT2D eigenvalue weighted by Crippen LogP contribution is 2.15. The molecule has 0 aliphatic heterocycles. The number of hydrogen-bond acceptors (Lipinski definition) is 5. The van der Waals surface area contributed by atoms with Crippen LogP contribution in [0.2, 0.25) is 0 Å². The van der Waals surface area contributed by atoms with Gasteiger partial charge in [-0.25, -0.2) is 4.39 Å². The summed E-state index contributed by atoms with van der Waals surface area (Å²) in [5.41, 5.74) is 3.08. The second-order valence-corrected chi connectivity index (χ2v) is 5.14. The van der Waals surface area contributed by atoms with Gasteiger partial charge in [0.1, 0.15) is 5.82 Å². The van der Waals surface area contributed by atoms with Gasteiger partial charge < -0.3 is 10.6 Å². The number of anilines is 3. The Morgan fingerprint density at radius 2 is 1.91 bits per heavy atom. The molecule has 0 amide bonds. The maximum atomic E-state index is 12.9. The van der Waals surface area contributed by atoms with Crippen LogP contribution >= 0.6 is 0 Å². The van der Waals surface area contributed by atoms with E-state index in [4.69, 9.17) is 0 Å². The van der Waals surface area contributed by atoms with Crippen molar-refractivity contribution in [2.24, 2.45) is 0 Å². The summed E-state index contributed by atoms with van der Waals surface area (Å²) in [6.07, 6.45) is 1.52. The number of halogens is 1. The van der Waals surface area contributed by atoms with Gasteiger partial charge in [-0.3, -0.25) is 0 Å². The normalized spacial score (nSPS) is 10.3. The molecule has 1 heterocycles. The Labute approximate surface area is 133 Å². The molecule has 3 aromatic rings. The van der Waals surface area contributed by atoms with Gasteiger partial charge >= 0.3 is 0 Å². The summed E-state index contributed by atoms with van der Waals surface area (Å²) >= 11 is 0. The van der Waals surface area contributed by atoms with Crippen molar-refractivity contribution in [3.63, 3.8) is 0 Å². The molecule has 0 bridgehead atoms. The molecular weight excluding hydrogens is 293 g/mol. The zero-order valence-corrected chi connectivity index (χ0v) is 12.6. The number of nitrogens with zero attached hydrogens (tertiary/aromatic N) is 3. The van der Waals surface area contributed by atoms with Crippen LogP contribution in [0, 0.1) is 12.7 Å². The number of rotatable bonds is 5. The summed E-state index contributed by atoms with van der Waals surface area (Å²) in [4.78, 5) is 4.34. The molecule has 2 N–H and O–H groups in total. The smallest absolute Gasteiger partial charge is 0.244 e. The zero-order chi connectivity index (χ0) is 16.1. The first kappa shape index (κ1) is 14.9. The number of benzene rings is 2. The van der Waals surface area contributed by atoms with Crippen LogP contribution in [0.15, 0.2) is 54.7 Å². The van der Waals surface area contributed by atoms with Gasteiger partial charge in [-0.2, -0.15) is 10.1 Å². The van der Waals surface area contributed by atoms with Crippen LogP contribution in [-0.4, -0.2) is 15.2 Å². The summed E-state index contributed by atoms with van der Waals surface area (Å²) in [5.74, 6) is 0.689. The van der Waals surface area contributed by atoms with Gasteiger partial charge in [0.2, 0.25) is 5.95 Å². The maximum absolute atomic E-state index is 12.9. The minimum Gasteiger partial charge on any atom is -0.349 e. The van der Waals surface area contributed by atoms with Crippen molar-refractivity contribution in [3.05, 3.63) is 71.7 Å². The Balaban J connectivity index is 1.66. The molecule has 1 aromatic heterocycles. The molecule has 2 aromatic carbocycles. The van der Waals surface area contributed by atoms with E-state index in [1.807, 2.05) is 12.1 Å². The van der Waals surface area contributed by atoms with E-state index in [-0.39, 0.29) is 5.82 Å². The quantitative estimate of drug-likeness (QED) is 0.753. The van der Waals surface area contributed by atoms with Gasteiger partial charge in [-0.15, -0.1) is 5.10 Å². The van der Waals surface area contributed by atoms with Crippen LogP contribution in [0.1, 0.15) is 11.1 Å². The lowest BCUT2D eigenvalue weighted by Gasteiger charge is -2.08. The van der Waals surface area contributed by atoms with Crippen LogP contribution in [0.5, 0.6) is 0 Å². The highest BCUT2D eigenvalue weighted by molar-refractivity contribution is 5.55. The summed E-state index contributed by atoms with van der Waals surface area (Å²) in [6.45, 7) is 2.66. The molecule has 116 valence electrons. The number of aryl methyl sites for hydroxylation is 1.